The topological polar surface area (TPSA) is 193 Å². The first-order valence-electron chi connectivity index (χ1n) is 17.0. The second-order valence-electron chi connectivity index (χ2n) is 13.7. The normalized spacial score (nSPS) is 18.3. The van der Waals surface area contributed by atoms with E-state index >= 15 is 0 Å². The highest BCUT2D eigenvalue weighted by molar-refractivity contribution is 5.94. The van der Waals surface area contributed by atoms with Gasteiger partial charge in [-0.05, 0) is 35.6 Å². The molecule has 51 heavy (non-hydrogen) atoms. The molecular weight excluding hydrogens is 648 g/mol. The fraction of sp³-hybridized carbons (Fsp3) is 0.282. The molecule has 0 radical (unpaired) electrons. The van der Waals surface area contributed by atoms with Gasteiger partial charge in [-0.25, -0.2) is 9.97 Å². The van der Waals surface area contributed by atoms with Gasteiger partial charge in [0.2, 0.25) is 23.6 Å². The molecule has 0 fully saturated rings. The van der Waals surface area contributed by atoms with Crippen LogP contribution in [-0.4, -0.2) is 49.1 Å². The van der Waals surface area contributed by atoms with Crippen molar-refractivity contribution in [3.63, 3.8) is 0 Å². The van der Waals surface area contributed by atoms with Gasteiger partial charge in [0.25, 0.3) is 0 Å². The fourth-order valence-electron chi connectivity index (χ4n) is 6.54. The van der Waals surface area contributed by atoms with Crippen LogP contribution >= 0.6 is 0 Å². The number of phenolic OH excluding ortho intramolecular Hbond substituents is 2. The van der Waals surface area contributed by atoms with Gasteiger partial charge in [0, 0.05) is 40.2 Å². The number of aromatic amines is 1. The summed E-state index contributed by atoms with van der Waals surface area (Å²) < 4.78 is 13.0. The maximum absolute atomic E-state index is 14.0. The standard InChI is InChI=1S/C39H40N6O6/c1-19(2)32(40)37(49)43-27-16-21-13-14-29(47)24(15-21)31(23-10-6-8-12-28(23)46)35-34(45-39(51-35)33(20(3)4)44-36(27)48)38-42-18-30(50-38)25-17-41-26-11-7-5-9-22(25)26/h5-15,17-20,27,31-33,41,46-47H,16,40H2,1-4H3,(H,43,49)(H,44,48)/t27-,31?,32?,33-/m0/s1. The summed E-state index contributed by atoms with van der Waals surface area (Å²) in [5.41, 5.74) is 9.61. The lowest BCUT2D eigenvalue weighted by molar-refractivity contribution is -0.130. The molecule has 3 aromatic heterocycles. The quantitative estimate of drug-likeness (QED) is 0.118. The first-order chi connectivity index (χ1) is 24.5. The number of nitrogens with two attached hydrogens (primary N) is 1. The summed E-state index contributed by atoms with van der Waals surface area (Å²) in [5, 5.41) is 29.5. The van der Waals surface area contributed by atoms with E-state index in [9.17, 15) is 19.8 Å². The van der Waals surface area contributed by atoms with Gasteiger partial charge < -0.3 is 40.4 Å². The molecule has 3 aromatic carbocycles. The molecule has 1 aliphatic rings. The van der Waals surface area contributed by atoms with Gasteiger partial charge in [-0.1, -0.05) is 76.2 Å². The highest BCUT2D eigenvalue weighted by atomic mass is 16.4. The van der Waals surface area contributed by atoms with Crippen LogP contribution in [0.2, 0.25) is 0 Å². The molecule has 7 N–H and O–H groups in total. The van der Waals surface area contributed by atoms with Crippen molar-refractivity contribution in [3.05, 3.63) is 107 Å². The molecule has 2 unspecified atom stereocenters. The number of rotatable bonds is 7. The summed E-state index contributed by atoms with van der Waals surface area (Å²) in [6, 6.07) is 17.0. The van der Waals surface area contributed by atoms with Crippen molar-refractivity contribution < 1.29 is 28.6 Å². The lowest BCUT2D eigenvalue weighted by Crippen LogP contribution is -2.54. The average Bonchev–Trinajstić information content (AvgIpc) is 3.87. The first kappa shape index (κ1) is 33.6. The van der Waals surface area contributed by atoms with Crippen LogP contribution in [0.1, 0.15) is 68.0 Å². The Morgan fingerprint density at radius 2 is 1.73 bits per heavy atom. The van der Waals surface area contributed by atoms with Crippen LogP contribution in [0.25, 0.3) is 33.8 Å². The number of benzene rings is 3. The lowest BCUT2D eigenvalue weighted by Gasteiger charge is -2.27. The van der Waals surface area contributed by atoms with E-state index in [2.05, 4.69) is 20.6 Å². The van der Waals surface area contributed by atoms with Gasteiger partial charge >= 0.3 is 0 Å². The van der Waals surface area contributed by atoms with Crippen LogP contribution in [0.3, 0.4) is 0 Å². The first-order valence-corrected chi connectivity index (χ1v) is 17.0. The highest BCUT2D eigenvalue weighted by Crippen LogP contribution is 2.46. The summed E-state index contributed by atoms with van der Waals surface area (Å²) in [6.45, 7) is 7.50. The Morgan fingerprint density at radius 3 is 2.49 bits per heavy atom. The third-order valence-corrected chi connectivity index (χ3v) is 9.47. The van der Waals surface area contributed by atoms with E-state index in [4.69, 9.17) is 19.6 Å². The summed E-state index contributed by atoms with van der Waals surface area (Å²) in [5.74, 6) is -1.23. The average molecular weight is 689 g/mol. The zero-order chi connectivity index (χ0) is 36.0. The fourth-order valence-corrected chi connectivity index (χ4v) is 6.54. The van der Waals surface area contributed by atoms with Crippen LogP contribution in [0.15, 0.2) is 88.0 Å². The molecule has 0 saturated carbocycles. The minimum atomic E-state index is -1.01. The summed E-state index contributed by atoms with van der Waals surface area (Å²) in [6.07, 6.45) is 3.56. The van der Waals surface area contributed by atoms with E-state index in [0.29, 0.717) is 22.5 Å². The molecule has 0 spiro atoms. The number of fused-ring (bicyclic) bond motifs is 5. The molecule has 4 bridgehead atoms. The number of oxazole rings is 2. The number of H-pyrrole nitrogens is 1. The number of carbonyl (C=O) groups is 2. The minimum absolute atomic E-state index is 0.0308. The van der Waals surface area contributed by atoms with Gasteiger partial charge in [0.05, 0.1) is 18.2 Å². The molecule has 4 heterocycles. The van der Waals surface area contributed by atoms with Crippen molar-refractivity contribution in [1.29, 1.82) is 0 Å². The Hall–Kier alpha value is -5.88. The van der Waals surface area contributed by atoms with Crippen molar-refractivity contribution in [2.45, 2.75) is 58.2 Å². The Labute approximate surface area is 294 Å². The number of aromatic nitrogens is 3. The molecule has 0 saturated heterocycles. The van der Waals surface area contributed by atoms with E-state index in [1.54, 1.807) is 42.6 Å². The minimum Gasteiger partial charge on any atom is -0.508 e. The number of carbonyl (C=O) groups excluding carboxylic acids is 2. The van der Waals surface area contributed by atoms with Gasteiger partial charge in [-0.2, -0.15) is 0 Å². The van der Waals surface area contributed by atoms with Crippen molar-refractivity contribution >= 4 is 22.7 Å². The molecule has 7 rings (SSSR count). The number of nitrogens with one attached hydrogen (secondary N) is 3. The predicted octanol–water partition coefficient (Wildman–Crippen LogP) is 5.91. The van der Waals surface area contributed by atoms with Gasteiger partial charge in [-0.15, -0.1) is 0 Å². The van der Waals surface area contributed by atoms with Gasteiger partial charge in [-0.3, -0.25) is 9.59 Å². The molecule has 6 aromatic rings. The number of nitrogens with zero attached hydrogens (tertiary/aromatic N) is 2. The van der Waals surface area contributed by atoms with Crippen molar-refractivity contribution in [2.24, 2.45) is 17.6 Å². The number of hydrogen-bond donors (Lipinski definition) is 6. The zero-order valence-electron chi connectivity index (χ0n) is 28.7. The van der Waals surface area contributed by atoms with Crippen molar-refractivity contribution in [2.75, 3.05) is 0 Å². The molecular formula is C39H40N6O6. The molecule has 262 valence electrons. The second-order valence-corrected chi connectivity index (χ2v) is 13.7. The third kappa shape index (κ3) is 6.34. The Kier molecular flexibility index (Phi) is 8.86. The van der Waals surface area contributed by atoms with E-state index in [1.807, 2.05) is 58.2 Å². The second kappa shape index (κ2) is 13.4. The van der Waals surface area contributed by atoms with Gasteiger partial charge in [0.1, 0.15) is 29.3 Å². The molecule has 1 aliphatic heterocycles. The highest BCUT2D eigenvalue weighted by Gasteiger charge is 2.37. The smallest absolute Gasteiger partial charge is 0.249 e. The summed E-state index contributed by atoms with van der Waals surface area (Å²) in [4.78, 5) is 40.0. The SMILES string of the molecule is CC(C)C(N)C(=O)N[C@H]1Cc2ccc(O)c(c2)C(c2ccccc2O)c2oc(nc2-c2ncc(-c3c[nH]c4ccccc34)o2)[C@H](C(C)C)NC1=O. The summed E-state index contributed by atoms with van der Waals surface area (Å²) >= 11 is 0. The van der Waals surface area contributed by atoms with Crippen LogP contribution < -0.4 is 16.4 Å². The largest absolute Gasteiger partial charge is 0.508 e. The number of phenols is 2. The molecule has 4 atom stereocenters. The van der Waals surface area contributed by atoms with Crippen LogP contribution in [-0.2, 0) is 16.0 Å². The third-order valence-electron chi connectivity index (χ3n) is 9.47. The number of para-hydroxylation sites is 2. The van der Waals surface area contributed by atoms with Crippen molar-refractivity contribution in [3.8, 4) is 34.4 Å². The zero-order valence-corrected chi connectivity index (χ0v) is 28.7. The Balaban J connectivity index is 1.43. The molecule has 2 amide bonds. The maximum Gasteiger partial charge on any atom is 0.249 e. The van der Waals surface area contributed by atoms with Crippen LogP contribution in [0.4, 0.5) is 0 Å². The summed E-state index contributed by atoms with van der Waals surface area (Å²) in [7, 11) is 0. The van der Waals surface area contributed by atoms with Gasteiger partial charge in [0.15, 0.2) is 11.5 Å². The lowest BCUT2D eigenvalue weighted by atomic mass is 9.85. The van der Waals surface area contributed by atoms with Crippen molar-refractivity contribution in [1.82, 2.24) is 25.6 Å². The monoisotopic (exact) mass is 688 g/mol. The number of aromatic hydroxyl groups is 2. The van der Waals surface area contributed by atoms with E-state index < -0.39 is 35.9 Å². The number of amides is 2. The maximum atomic E-state index is 14.0. The molecule has 0 aliphatic carbocycles. The predicted molar refractivity (Wildman–Crippen MR) is 191 cm³/mol. The van der Waals surface area contributed by atoms with E-state index in [1.165, 1.54) is 6.07 Å². The molecule has 12 nitrogen and oxygen atoms in total. The van der Waals surface area contributed by atoms with E-state index in [0.717, 1.165) is 16.5 Å². The Morgan fingerprint density at radius 1 is 0.980 bits per heavy atom. The van der Waals surface area contributed by atoms with Crippen LogP contribution in [0, 0.1) is 11.8 Å². The van der Waals surface area contributed by atoms with E-state index in [-0.39, 0.29) is 53.0 Å². The molecule has 12 heteroatoms. The van der Waals surface area contributed by atoms with Crippen LogP contribution in [0.5, 0.6) is 11.5 Å². The Bertz CT molecular complexity index is 2230. The number of hydrogen-bond acceptors (Lipinski definition) is 9.